The highest BCUT2D eigenvalue weighted by Crippen LogP contribution is 2.13. The second kappa shape index (κ2) is 22.3. The van der Waals surface area contributed by atoms with E-state index in [1.807, 2.05) is 0 Å². The van der Waals surface area contributed by atoms with Crippen molar-refractivity contribution in [2.75, 3.05) is 0 Å². The molecule has 0 aromatic rings. The van der Waals surface area contributed by atoms with E-state index >= 15 is 0 Å². The van der Waals surface area contributed by atoms with Crippen LogP contribution in [0.15, 0.2) is 12.2 Å². The first kappa shape index (κ1) is 25.2. The van der Waals surface area contributed by atoms with Gasteiger partial charge < -0.3 is 5.11 Å². The lowest BCUT2D eigenvalue weighted by Gasteiger charge is -2.02. The topological polar surface area (TPSA) is 37.3 Å². The number of hydrogen-bond acceptors (Lipinski definition) is 1. The molecule has 0 rings (SSSR count). The summed E-state index contributed by atoms with van der Waals surface area (Å²) in [6, 6.07) is 0. The molecule has 26 heavy (non-hydrogen) atoms. The van der Waals surface area contributed by atoms with E-state index in [4.69, 9.17) is 5.11 Å². The van der Waals surface area contributed by atoms with Crippen LogP contribution in [0, 0.1) is 0 Å². The van der Waals surface area contributed by atoms with Crippen LogP contribution in [0.4, 0.5) is 0 Å². The summed E-state index contributed by atoms with van der Waals surface area (Å²) in [6.07, 6.45) is 30.1. The van der Waals surface area contributed by atoms with Crippen LogP contribution >= 0.6 is 0 Å². The van der Waals surface area contributed by atoms with Crippen LogP contribution in [0.5, 0.6) is 0 Å². The lowest BCUT2D eigenvalue weighted by atomic mass is 10.0. The fourth-order valence-electron chi connectivity index (χ4n) is 3.41. The van der Waals surface area contributed by atoms with Gasteiger partial charge in [-0.1, -0.05) is 109 Å². The maximum atomic E-state index is 10.4. The number of aliphatic carboxylic acids is 1. The van der Waals surface area contributed by atoms with Crippen molar-refractivity contribution in [3.05, 3.63) is 12.2 Å². The number of unbranched alkanes of at least 4 members (excludes halogenated alkanes) is 17. The van der Waals surface area contributed by atoms with E-state index in [0.717, 1.165) is 12.8 Å². The van der Waals surface area contributed by atoms with E-state index in [1.165, 1.54) is 109 Å². The quantitative estimate of drug-likeness (QED) is 0.163. The van der Waals surface area contributed by atoms with Crippen LogP contribution in [0.1, 0.15) is 135 Å². The molecule has 0 atom stereocenters. The van der Waals surface area contributed by atoms with Gasteiger partial charge in [0.1, 0.15) is 0 Å². The molecular weight excluding hydrogens is 320 g/mol. The normalized spacial score (nSPS) is 11.4. The van der Waals surface area contributed by atoms with Crippen LogP contribution in [0.2, 0.25) is 0 Å². The largest absolute Gasteiger partial charge is 0.481 e. The van der Waals surface area contributed by atoms with Crippen LogP contribution in [0.3, 0.4) is 0 Å². The molecule has 0 aliphatic heterocycles. The van der Waals surface area contributed by atoms with Crippen molar-refractivity contribution in [3.63, 3.8) is 0 Å². The van der Waals surface area contributed by atoms with E-state index in [1.54, 1.807) is 0 Å². The van der Waals surface area contributed by atoms with Crippen molar-refractivity contribution >= 4 is 5.97 Å². The molecular formula is C24H46O2. The Morgan fingerprint density at radius 3 is 1.31 bits per heavy atom. The minimum atomic E-state index is -0.654. The lowest BCUT2D eigenvalue weighted by Crippen LogP contribution is -1.93. The number of carbonyl (C=O) groups is 1. The zero-order valence-electron chi connectivity index (χ0n) is 17.7. The van der Waals surface area contributed by atoms with Gasteiger partial charge in [0.25, 0.3) is 0 Å². The van der Waals surface area contributed by atoms with E-state index in [-0.39, 0.29) is 0 Å². The molecule has 0 aromatic carbocycles. The fraction of sp³-hybridized carbons (Fsp3) is 0.875. The molecule has 1 N–H and O–H groups in total. The molecule has 0 saturated heterocycles. The molecule has 0 fully saturated rings. The summed E-state index contributed by atoms with van der Waals surface area (Å²) in [5.74, 6) is -0.654. The Kier molecular flexibility index (Phi) is 21.6. The van der Waals surface area contributed by atoms with E-state index in [9.17, 15) is 4.79 Å². The predicted octanol–water partition coefficient (Wildman–Crippen LogP) is 8.45. The third kappa shape index (κ3) is 23.2. The van der Waals surface area contributed by atoms with Gasteiger partial charge in [0.2, 0.25) is 0 Å². The molecule has 0 radical (unpaired) electrons. The van der Waals surface area contributed by atoms with Gasteiger partial charge in [-0.3, -0.25) is 4.79 Å². The van der Waals surface area contributed by atoms with Gasteiger partial charge in [0.05, 0.1) is 0 Å². The van der Waals surface area contributed by atoms with Crippen molar-refractivity contribution in [2.45, 2.75) is 135 Å². The van der Waals surface area contributed by atoms with E-state index < -0.39 is 5.97 Å². The molecule has 0 bridgehead atoms. The second-order valence-corrected chi connectivity index (χ2v) is 7.85. The molecule has 154 valence electrons. The van der Waals surface area contributed by atoms with E-state index in [0.29, 0.717) is 6.42 Å². The van der Waals surface area contributed by atoms with E-state index in [2.05, 4.69) is 19.1 Å². The van der Waals surface area contributed by atoms with Crippen molar-refractivity contribution in [1.29, 1.82) is 0 Å². The summed E-state index contributed by atoms with van der Waals surface area (Å²) in [6.45, 7) is 2.28. The Balaban J connectivity index is 3.06. The Hall–Kier alpha value is -0.790. The molecule has 0 heterocycles. The van der Waals surface area contributed by atoms with Gasteiger partial charge in [-0.05, 0) is 32.1 Å². The zero-order chi connectivity index (χ0) is 19.1. The molecule has 0 unspecified atom stereocenters. The average Bonchev–Trinajstić information content (AvgIpc) is 2.62. The SMILES string of the molecule is CCCCCCCCC=CCCCCCCCCCCCCCC(=O)O. The van der Waals surface area contributed by atoms with Crippen molar-refractivity contribution in [2.24, 2.45) is 0 Å². The molecule has 0 saturated carbocycles. The molecule has 0 spiro atoms. The number of carboxylic acids is 1. The maximum Gasteiger partial charge on any atom is 0.303 e. The highest BCUT2D eigenvalue weighted by molar-refractivity contribution is 5.66. The van der Waals surface area contributed by atoms with Gasteiger partial charge in [0, 0.05) is 6.42 Å². The van der Waals surface area contributed by atoms with Crippen LogP contribution in [0.25, 0.3) is 0 Å². The third-order valence-electron chi connectivity index (χ3n) is 5.15. The van der Waals surface area contributed by atoms with Crippen molar-refractivity contribution in [1.82, 2.24) is 0 Å². The lowest BCUT2D eigenvalue weighted by molar-refractivity contribution is -0.137. The van der Waals surface area contributed by atoms with Crippen LogP contribution in [-0.4, -0.2) is 11.1 Å². The monoisotopic (exact) mass is 366 g/mol. The molecule has 0 amide bonds. The van der Waals surface area contributed by atoms with Crippen molar-refractivity contribution in [3.8, 4) is 0 Å². The highest BCUT2D eigenvalue weighted by atomic mass is 16.4. The molecule has 0 aliphatic rings. The summed E-state index contributed by atoms with van der Waals surface area (Å²) in [7, 11) is 0. The molecule has 0 aliphatic carbocycles. The third-order valence-corrected chi connectivity index (χ3v) is 5.15. The maximum absolute atomic E-state index is 10.4. The van der Waals surface area contributed by atoms with Gasteiger partial charge in [0.15, 0.2) is 0 Å². The molecule has 0 aromatic heterocycles. The average molecular weight is 367 g/mol. The molecule has 2 nitrogen and oxygen atoms in total. The first-order chi connectivity index (χ1) is 12.8. The summed E-state index contributed by atoms with van der Waals surface area (Å²) < 4.78 is 0. The predicted molar refractivity (Wildman–Crippen MR) is 115 cm³/mol. The Morgan fingerprint density at radius 2 is 0.923 bits per heavy atom. The number of carboxylic acid groups (broad SMARTS) is 1. The Morgan fingerprint density at radius 1 is 0.577 bits per heavy atom. The fourth-order valence-corrected chi connectivity index (χ4v) is 3.41. The summed E-state index contributed by atoms with van der Waals surface area (Å²) >= 11 is 0. The minimum absolute atomic E-state index is 0.342. The second-order valence-electron chi connectivity index (χ2n) is 7.85. The van der Waals surface area contributed by atoms with Crippen molar-refractivity contribution < 1.29 is 9.90 Å². The number of allylic oxidation sites excluding steroid dienone is 2. The molecule has 2 heteroatoms. The first-order valence-corrected chi connectivity index (χ1v) is 11.6. The van der Waals surface area contributed by atoms with Gasteiger partial charge in [-0.2, -0.15) is 0 Å². The smallest absolute Gasteiger partial charge is 0.303 e. The zero-order valence-corrected chi connectivity index (χ0v) is 17.7. The summed E-state index contributed by atoms with van der Waals surface area (Å²) in [5.41, 5.74) is 0. The number of hydrogen-bond donors (Lipinski definition) is 1. The summed E-state index contributed by atoms with van der Waals surface area (Å²) in [4.78, 5) is 10.4. The van der Waals surface area contributed by atoms with Gasteiger partial charge in [-0.25, -0.2) is 0 Å². The Bertz CT molecular complexity index is 309. The summed E-state index contributed by atoms with van der Waals surface area (Å²) in [5, 5.41) is 8.57. The van der Waals surface area contributed by atoms with Crippen LogP contribution < -0.4 is 0 Å². The first-order valence-electron chi connectivity index (χ1n) is 11.6. The van der Waals surface area contributed by atoms with Gasteiger partial charge >= 0.3 is 5.97 Å². The minimum Gasteiger partial charge on any atom is -0.481 e. The standard InChI is InChI=1S/C24H46O2/c1-2-3-4-5-6-7-8-9-10-11-12-13-14-15-16-17-18-19-20-21-22-23-24(25)26/h9-10H,2-8,11-23H2,1H3,(H,25,26). The van der Waals surface area contributed by atoms with Crippen LogP contribution in [-0.2, 0) is 4.79 Å². The Labute approximate surface area is 163 Å². The highest BCUT2D eigenvalue weighted by Gasteiger charge is 1.97. The number of rotatable bonds is 21. The van der Waals surface area contributed by atoms with Gasteiger partial charge in [-0.15, -0.1) is 0 Å².